The zero-order chi connectivity index (χ0) is 16.4. The van der Waals surface area contributed by atoms with E-state index in [0.29, 0.717) is 12.4 Å². The molecule has 1 saturated heterocycles. The van der Waals surface area contributed by atoms with Crippen molar-refractivity contribution in [2.45, 2.75) is 51.8 Å². The molecule has 2 aliphatic rings. The third kappa shape index (κ3) is 3.52. The number of ether oxygens (including phenoxy) is 1. The first-order chi connectivity index (χ1) is 11.0. The molecular weight excluding hydrogens is 292 g/mol. The van der Waals surface area contributed by atoms with Crippen molar-refractivity contribution in [2.75, 3.05) is 18.0 Å². The number of fused-ring (bicyclic) bond motifs is 1. The summed E-state index contributed by atoms with van der Waals surface area (Å²) in [7, 11) is 0. The van der Waals surface area contributed by atoms with E-state index in [1.54, 1.807) is 11.1 Å². The summed E-state index contributed by atoms with van der Waals surface area (Å²) in [5.41, 5.74) is 1.52. The summed E-state index contributed by atoms with van der Waals surface area (Å²) in [6, 6.07) is 2.06. The molecule has 124 valence electrons. The van der Waals surface area contributed by atoms with Gasteiger partial charge in [0.2, 0.25) is 0 Å². The number of hydrogen-bond donors (Lipinski definition) is 1. The Morgan fingerprint density at radius 1 is 1.35 bits per heavy atom. The second-order valence-corrected chi connectivity index (χ2v) is 7.01. The highest BCUT2D eigenvalue weighted by atomic mass is 16.6. The van der Waals surface area contributed by atoms with E-state index in [-0.39, 0.29) is 12.1 Å². The van der Waals surface area contributed by atoms with Gasteiger partial charge in [-0.2, -0.15) is 0 Å². The summed E-state index contributed by atoms with van der Waals surface area (Å²) in [4.78, 5) is 23.4. The zero-order valence-corrected chi connectivity index (χ0v) is 14.0. The van der Waals surface area contributed by atoms with Crippen molar-refractivity contribution >= 4 is 18.1 Å². The van der Waals surface area contributed by atoms with Crippen molar-refractivity contribution in [1.29, 1.82) is 0 Å². The third-order valence-corrected chi connectivity index (χ3v) is 4.03. The molecule has 0 radical (unpaired) electrons. The fourth-order valence-corrected chi connectivity index (χ4v) is 2.99. The molecule has 3 heterocycles. The predicted molar refractivity (Wildman–Crippen MR) is 90.1 cm³/mol. The van der Waals surface area contributed by atoms with Crippen molar-refractivity contribution in [3.63, 3.8) is 0 Å². The van der Waals surface area contributed by atoms with Crippen LogP contribution in [0.4, 0.5) is 10.6 Å². The van der Waals surface area contributed by atoms with Gasteiger partial charge in [-0.25, -0.2) is 9.78 Å². The molecule has 0 atom stereocenters. The Balaban J connectivity index is 1.96. The second-order valence-electron chi connectivity index (χ2n) is 7.01. The van der Waals surface area contributed by atoms with Gasteiger partial charge in [-0.05, 0) is 58.3 Å². The summed E-state index contributed by atoms with van der Waals surface area (Å²) in [6.07, 6.45) is 5.02. The molecule has 0 unspecified atom stereocenters. The number of carbonyl (C=O) groups is 1. The maximum Gasteiger partial charge on any atom is 0.416 e. The fourth-order valence-electron chi connectivity index (χ4n) is 2.99. The van der Waals surface area contributed by atoms with E-state index in [0.717, 1.165) is 37.1 Å². The van der Waals surface area contributed by atoms with Crippen molar-refractivity contribution in [3.8, 4) is 0 Å². The largest absolute Gasteiger partial charge is 0.443 e. The molecule has 1 N–H and O–H groups in total. The molecular formula is C17H24N4O2. The standard InChI is InChI=1S/C17H24N4O2/c1-17(2,3)23-16(22)21(13-5-7-18-8-6-13)15-14-11-19-10-12(14)4-9-20-15/h4,9,11,13,18H,5-8,10H2,1-3H3. The van der Waals surface area contributed by atoms with E-state index < -0.39 is 5.60 Å². The van der Waals surface area contributed by atoms with Gasteiger partial charge in [-0.15, -0.1) is 0 Å². The van der Waals surface area contributed by atoms with E-state index >= 15 is 0 Å². The lowest BCUT2D eigenvalue weighted by Crippen LogP contribution is -2.49. The number of aromatic nitrogens is 1. The van der Waals surface area contributed by atoms with Crippen LogP contribution in [0.2, 0.25) is 0 Å². The third-order valence-electron chi connectivity index (χ3n) is 4.03. The Labute approximate surface area is 136 Å². The molecule has 1 fully saturated rings. The first-order valence-corrected chi connectivity index (χ1v) is 8.16. The predicted octanol–water partition coefficient (Wildman–Crippen LogP) is 2.51. The monoisotopic (exact) mass is 316 g/mol. The van der Waals surface area contributed by atoms with Crippen LogP contribution in [0.25, 0.3) is 0 Å². The summed E-state index contributed by atoms with van der Waals surface area (Å²) in [5.74, 6) is 0.671. The van der Waals surface area contributed by atoms with Crippen LogP contribution in [0.15, 0.2) is 17.3 Å². The molecule has 0 aromatic carbocycles. The lowest BCUT2D eigenvalue weighted by molar-refractivity contribution is 0.0558. The van der Waals surface area contributed by atoms with Gasteiger partial charge < -0.3 is 10.1 Å². The van der Waals surface area contributed by atoms with Crippen molar-refractivity contribution in [1.82, 2.24) is 10.3 Å². The number of carbonyl (C=O) groups excluding carboxylic acids is 1. The molecule has 0 spiro atoms. The molecule has 6 heteroatoms. The number of amides is 1. The number of hydrogen-bond acceptors (Lipinski definition) is 5. The van der Waals surface area contributed by atoms with Crippen LogP contribution in [0.3, 0.4) is 0 Å². The van der Waals surface area contributed by atoms with Crippen LogP contribution in [0.5, 0.6) is 0 Å². The summed E-state index contributed by atoms with van der Waals surface area (Å²) >= 11 is 0. The molecule has 6 nitrogen and oxygen atoms in total. The van der Waals surface area contributed by atoms with Crippen LogP contribution in [-0.2, 0) is 11.3 Å². The smallest absolute Gasteiger partial charge is 0.416 e. The number of rotatable bonds is 2. The maximum atomic E-state index is 12.9. The molecule has 0 saturated carbocycles. The van der Waals surface area contributed by atoms with E-state index in [4.69, 9.17) is 4.74 Å². The van der Waals surface area contributed by atoms with E-state index in [1.807, 2.05) is 33.1 Å². The van der Waals surface area contributed by atoms with Crippen LogP contribution in [-0.4, -0.2) is 42.0 Å². The van der Waals surface area contributed by atoms with Crippen LogP contribution < -0.4 is 10.2 Å². The lowest BCUT2D eigenvalue weighted by Gasteiger charge is -2.35. The van der Waals surface area contributed by atoms with Gasteiger partial charge in [0.1, 0.15) is 11.4 Å². The van der Waals surface area contributed by atoms with Crippen LogP contribution in [0, 0.1) is 0 Å². The van der Waals surface area contributed by atoms with Gasteiger partial charge in [0.05, 0.1) is 6.54 Å². The summed E-state index contributed by atoms with van der Waals surface area (Å²) < 4.78 is 5.65. The fraction of sp³-hybridized carbons (Fsp3) is 0.588. The van der Waals surface area contributed by atoms with Gasteiger partial charge in [0, 0.05) is 24.0 Å². The van der Waals surface area contributed by atoms with E-state index in [2.05, 4.69) is 15.3 Å². The highest BCUT2D eigenvalue weighted by Crippen LogP contribution is 2.29. The average Bonchev–Trinajstić information content (AvgIpc) is 2.96. The minimum absolute atomic E-state index is 0.0964. The lowest BCUT2D eigenvalue weighted by atomic mass is 10.0. The summed E-state index contributed by atoms with van der Waals surface area (Å²) in [6.45, 7) is 8.10. The van der Waals surface area contributed by atoms with Gasteiger partial charge in [-0.1, -0.05) is 0 Å². The molecule has 23 heavy (non-hydrogen) atoms. The van der Waals surface area contributed by atoms with Crippen LogP contribution >= 0.6 is 0 Å². The van der Waals surface area contributed by atoms with Gasteiger partial charge in [-0.3, -0.25) is 9.89 Å². The highest BCUT2D eigenvalue weighted by Gasteiger charge is 2.33. The molecule has 2 aliphatic heterocycles. The van der Waals surface area contributed by atoms with E-state index in [1.165, 1.54) is 0 Å². The number of nitrogens with zero attached hydrogens (tertiary/aromatic N) is 3. The SMILES string of the molecule is CC(C)(C)OC(=O)N(c1nccc2c1C=NC2)C1CCNCC1. The topological polar surface area (TPSA) is 66.8 Å². The van der Waals surface area contributed by atoms with Gasteiger partial charge in [0.15, 0.2) is 0 Å². The molecule has 3 rings (SSSR count). The maximum absolute atomic E-state index is 12.9. The number of nitrogens with one attached hydrogen (secondary N) is 1. The number of piperidine rings is 1. The van der Waals surface area contributed by atoms with Crippen molar-refractivity contribution in [2.24, 2.45) is 4.99 Å². The Morgan fingerprint density at radius 3 is 2.78 bits per heavy atom. The zero-order valence-electron chi connectivity index (χ0n) is 14.0. The number of aliphatic imine (C=N–C) groups is 1. The molecule has 1 amide bonds. The molecule has 1 aromatic heterocycles. The Hall–Kier alpha value is -1.95. The Morgan fingerprint density at radius 2 is 2.09 bits per heavy atom. The van der Waals surface area contributed by atoms with Gasteiger partial charge >= 0.3 is 6.09 Å². The minimum atomic E-state index is -0.533. The quantitative estimate of drug-likeness (QED) is 0.910. The normalized spacial score (nSPS) is 17.9. The molecule has 1 aromatic rings. The second kappa shape index (κ2) is 6.28. The highest BCUT2D eigenvalue weighted by molar-refractivity contribution is 5.97. The van der Waals surface area contributed by atoms with E-state index in [9.17, 15) is 4.79 Å². The molecule has 0 bridgehead atoms. The van der Waals surface area contributed by atoms with Gasteiger partial charge in [0.25, 0.3) is 0 Å². The van der Waals surface area contributed by atoms with Crippen molar-refractivity contribution < 1.29 is 9.53 Å². The van der Waals surface area contributed by atoms with Crippen molar-refractivity contribution in [3.05, 3.63) is 23.4 Å². The minimum Gasteiger partial charge on any atom is -0.443 e. The summed E-state index contributed by atoms with van der Waals surface area (Å²) in [5, 5.41) is 3.34. The Bertz CT molecular complexity index is 616. The Kier molecular flexibility index (Phi) is 4.35. The number of pyridine rings is 1. The average molecular weight is 316 g/mol. The first-order valence-electron chi connectivity index (χ1n) is 8.16. The first kappa shape index (κ1) is 15.9. The molecule has 0 aliphatic carbocycles. The van der Waals surface area contributed by atoms with Crippen LogP contribution in [0.1, 0.15) is 44.7 Å². The number of anilines is 1.